The van der Waals surface area contributed by atoms with Crippen LogP contribution in [0.5, 0.6) is 0 Å². The largest absolute Gasteiger partial charge is 0.389 e. The zero-order valence-electron chi connectivity index (χ0n) is 13.3. The molecule has 2 aromatic rings. The van der Waals surface area contributed by atoms with Gasteiger partial charge in [-0.3, -0.25) is 0 Å². The Morgan fingerprint density at radius 2 is 1.45 bits per heavy atom. The molecule has 0 aromatic heterocycles. The summed E-state index contributed by atoms with van der Waals surface area (Å²) in [5.74, 6) is 0. The van der Waals surface area contributed by atoms with Crippen LogP contribution >= 0.6 is 0 Å². The minimum Gasteiger partial charge on any atom is -0.389 e. The molecule has 22 heavy (non-hydrogen) atoms. The Bertz CT molecular complexity index is 490. The highest BCUT2D eigenvalue weighted by atomic mass is 16.5. The number of likely N-dealkylation sites (N-methyl/N-ethyl adjacent to an activating group) is 1. The van der Waals surface area contributed by atoms with Crippen molar-refractivity contribution in [2.75, 3.05) is 13.2 Å². The van der Waals surface area contributed by atoms with Crippen LogP contribution in [-0.2, 0) is 4.74 Å². The first kappa shape index (κ1) is 16.7. The molecule has 118 valence electrons. The summed E-state index contributed by atoms with van der Waals surface area (Å²) >= 11 is 0. The molecule has 0 spiro atoms. The second-order valence-corrected chi connectivity index (χ2v) is 5.45. The van der Waals surface area contributed by atoms with Crippen LogP contribution in [0.4, 0.5) is 0 Å². The lowest BCUT2D eigenvalue weighted by Crippen LogP contribution is -2.40. The second-order valence-electron chi connectivity index (χ2n) is 5.45. The summed E-state index contributed by atoms with van der Waals surface area (Å²) in [6, 6.07) is 20.2. The number of ether oxygens (including phenoxy) is 1. The van der Waals surface area contributed by atoms with Gasteiger partial charge in [0.2, 0.25) is 0 Å². The molecular formula is C19H25NO2. The van der Waals surface area contributed by atoms with E-state index in [0.717, 1.165) is 17.7 Å². The summed E-state index contributed by atoms with van der Waals surface area (Å²) in [5, 5.41) is 13.4. The monoisotopic (exact) mass is 299 g/mol. The van der Waals surface area contributed by atoms with Gasteiger partial charge < -0.3 is 15.2 Å². The minimum atomic E-state index is -0.533. The predicted octanol–water partition coefficient (Wildman–Crippen LogP) is 3.15. The van der Waals surface area contributed by atoms with Gasteiger partial charge in [-0.1, -0.05) is 67.6 Å². The van der Waals surface area contributed by atoms with Crippen LogP contribution < -0.4 is 5.32 Å². The van der Waals surface area contributed by atoms with E-state index in [-0.39, 0.29) is 12.1 Å². The molecule has 2 rings (SSSR count). The third kappa shape index (κ3) is 4.67. The van der Waals surface area contributed by atoms with E-state index in [1.807, 2.05) is 50.2 Å². The molecule has 2 aromatic carbocycles. The van der Waals surface area contributed by atoms with Gasteiger partial charge in [-0.15, -0.1) is 0 Å². The SMILES string of the molecule is CCN[C@H](C)[C@@H](O)COC(c1ccccc1)c1ccccc1. The van der Waals surface area contributed by atoms with Crippen LogP contribution in [0, 0.1) is 0 Å². The maximum Gasteiger partial charge on any atom is 0.108 e. The number of aliphatic hydroxyl groups excluding tert-OH is 1. The summed E-state index contributed by atoms with van der Waals surface area (Å²) < 4.78 is 6.05. The Kier molecular flexibility index (Phi) is 6.59. The third-order valence-electron chi connectivity index (χ3n) is 3.74. The molecule has 0 fully saturated rings. The third-order valence-corrected chi connectivity index (χ3v) is 3.74. The highest BCUT2D eigenvalue weighted by Gasteiger charge is 2.19. The van der Waals surface area contributed by atoms with E-state index in [1.54, 1.807) is 0 Å². The van der Waals surface area contributed by atoms with Crippen LogP contribution in [0.15, 0.2) is 60.7 Å². The number of rotatable bonds is 8. The molecule has 0 saturated carbocycles. The molecule has 0 aliphatic heterocycles. The van der Waals surface area contributed by atoms with Crippen molar-refractivity contribution in [3.63, 3.8) is 0 Å². The van der Waals surface area contributed by atoms with Gasteiger partial charge in [0.25, 0.3) is 0 Å². The molecule has 0 amide bonds. The van der Waals surface area contributed by atoms with Crippen LogP contribution in [0.25, 0.3) is 0 Å². The van der Waals surface area contributed by atoms with Crippen LogP contribution in [0.2, 0.25) is 0 Å². The molecule has 0 radical (unpaired) electrons. The first-order valence-corrected chi connectivity index (χ1v) is 7.85. The van der Waals surface area contributed by atoms with Crippen molar-refractivity contribution < 1.29 is 9.84 Å². The molecule has 3 heteroatoms. The van der Waals surface area contributed by atoms with Crippen molar-refractivity contribution in [3.05, 3.63) is 71.8 Å². The van der Waals surface area contributed by atoms with E-state index in [0.29, 0.717) is 6.61 Å². The van der Waals surface area contributed by atoms with Gasteiger partial charge in [0.15, 0.2) is 0 Å². The second kappa shape index (κ2) is 8.69. The highest BCUT2D eigenvalue weighted by Crippen LogP contribution is 2.26. The minimum absolute atomic E-state index is 0.0113. The van der Waals surface area contributed by atoms with Crippen LogP contribution in [0.1, 0.15) is 31.1 Å². The fourth-order valence-electron chi connectivity index (χ4n) is 2.44. The van der Waals surface area contributed by atoms with Crippen molar-refractivity contribution in [2.24, 2.45) is 0 Å². The molecule has 2 atom stereocenters. The van der Waals surface area contributed by atoms with Crippen molar-refractivity contribution in [1.82, 2.24) is 5.32 Å². The van der Waals surface area contributed by atoms with Gasteiger partial charge in [0, 0.05) is 6.04 Å². The first-order valence-electron chi connectivity index (χ1n) is 7.85. The van der Waals surface area contributed by atoms with Crippen molar-refractivity contribution in [1.29, 1.82) is 0 Å². The highest BCUT2D eigenvalue weighted by molar-refractivity contribution is 5.29. The standard InChI is InChI=1S/C19H25NO2/c1-3-20-15(2)18(21)14-22-19(16-10-6-4-7-11-16)17-12-8-5-9-13-17/h4-13,15,18-21H,3,14H2,1-2H3/t15-,18+/m1/s1. The maximum absolute atomic E-state index is 10.2. The quantitative estimate of drug-likeness (QED) is 0.787. The molecule has 0 aliphatic carbocycles. The van der Waals surface area contributed by atoms with Crippen molar-refractivity contribution >= 4 is 0 Å². The zero-order chi connectivity index (χ0) is 15.8. The molecule has 0 bridgehead atoms. The first-order chi connectivity index (χ1) is 10.7. The smallest absolute Gasteiger partial charge is 0.108 e. The van der Waals surface area contributed by atoms with Crippen LogP contribution in [-0.4, -0.2) is 30.4 Å². The lowest BCUT2D eigenvalue weighted by molar-refractivity contribution is -0.00679. The van der Waals surface area contributed by atoms with Crippen LogP contribution in [0.3, 0.4) is 0 Å². The normalized spacial score (nSPS) is 14.0. The van der Waals surface area contributed by atoms with E-state index < -0.39 is 6.10 Å². The average Bonchev–Trinajstić information content (AvgIpc) is 2.57. The maximum atomic E-state index is 10.2. The average molecular weight is 299 g/mol. The van der Waals surface area contributed by atoms with Gasteiger partial charge in [-0.25, -0.2) is 0 Å². The summed E-state index contributed by atoms with van der Waals surface area (Å²) in [6.07, 6.45) is -0.694. The van der Waals surface area contributed by atoms with Gasteiger partial charge in [0.05, 0.1) is 12.7 Å². The Labute approximate surface area is 133 Å². The molecular weight excluding hydrogens is 274 g/mol. The fraction of sp³-hybridized carbons (Fsp3) is 0.368. The molecule has 0 aliphatic rings. The van der Waals surface area contributed by atoms with E-state index in [1.165, 1.54) is 0 Å². The van der Waals surface area contributed by atoms with Gasteiger partial charge in [0.1, 0.15) is 6.10 Å². The Morgan fingerprint density at radius 3 is 1.91 bits per heavy atom. The number of benzene rings is 2. The van der Waals surface area contributed by atoms with Gasteiger partial charge in [-0.05, 0) is 24.6 Å². The molecule has 0 unspecified atom stereocenters. The van der Waals surface area contributed by atoms with Gasteiger partial charge >= 0.3 is 0 Å². The summed E-state index contributed by atoms with van der Waals surface area (Å²) in [6.45, 7) is 5.13. The van der Waals surface area contributed by atoms with Gasteiger partial charge in [-0.2, -0.15) is 0 Å². The Hall–Kier alpha value is -1.68. The fourth-order valence-corrected chi connectivity index (χ4v) is 2.44. The van der Waals surface area contributed by atoms with E-state index >= 15 is 0 Å². The summed E-state index contributed by atoms with van der Waals surface area (Å²) in [5.41, 5.74) is 2.19. The number of hydrogen-bond donors (Lipinski definition) is 2. The van der Waals surface area contributed by atoms with E-state index in [2.05, 4.69) is 29.6 Å². The number of hydrogen-bond acceptors (Lipinski definition) is 3. The lowest BCUT2D eigenvalue weighted by Gasteiger charge is -2.24. The van der Waals surface area contributed by atoms with E-state index in [9.17, 15) is 5.11 Å². The summed E-state index contributed by atoms with van der Waals surface area (Å²) in [4.78, 5) is 0. The molecule has 0 saturated heterocycles. The lowest BCUT2D eigenvalue weighted by atomic mass is 10.0. The molecule has 2 N–H and O–H groups in total. The van der Waals surface area contributed by atoms with Crippen molar-refractivity contribution in [3.8, 4) is 0 Å². The topological polar surface area (TPSA) is 41.5 Å². The number of aliphatic hydroxyl groups is 1. The Morgan fingerprint density at radius 1 is 0.955 bits per heavy atom. The van der Waals surface area contributed by atoms with Crippen molar-refractivity contribution in [2.45, 2.75) is 32.1 Å². The molecule has 3 nitrogen and oxygen atoms in total. The van der Waals surface area contributed by atoms with E-state index in [4.69, 9.17) is 4.74 Å². The number of nitrogens with one attached hydrogen (secondary N) is 1. The molecule has 0 heterocycles. The zero-order valence-corrected chi connectivity index (χ0v) is 13.3. The summed E-state index contributed by atoms with van der Waals surface area (Å²) in [7, 11) is 0. The predicted molar refractivity (Wildman–Crippen MR) is 89.8 cm³/mol. The Balaban J connectivity index is 2.09.